The van der Waals surface area contributed by atoms with Crippen LogP contribution in [-0.2, 0) is 4.79 Å². The average Bonchev–Trinajstić information content (AvgIpc) is 2.96. The zero-order chi connectivity index (χ0) is 17.9. The molecule has 24 heavy (non-hydrogen) atoms. The molecule has 6 nitrogen and oxygen atoms in total. The van der Waals surface area contributed by atoms with Gasteiger partial charge in [-0.1, -0.05) is 39.0 Å². The van der Waals surface area contributed by atoms with Crippen LogP contribution in [0.15, 0.2) is 41.1 Å². The number of nitrogens with one attached hydrogen (secondary N) is 1. The van der Waals surface area contributed by atoms with E-state index in [9.17, 15) is 9.59 Å². The highest BCUT2D eigenvalue weighted by molar-refractivity contribution is 6.07. The number of amides is 2. The molecule has 0 saturated carbocycles. The Balaban J connectivity index is 2.34. The van der Waals surface area contributed by atoms with Crippen molar-refractivity contribution >= 4 is 23.4 Å². The van der Waals surface area contributed by atoms with E-state index in [1.54, 1.807) is 20.8 Å². The second-order valence-electron chi connectivity index (χ2n) is 6.84. The predicted molar refractivity (Wildman–Crippen MR) is 92.1 cm³/mol. The number of nitrogens with zero attached hydrogens (tertiary/aromatic N) is 2. The van der Waals surface area contributed by atoms with E-state index in [1.807, 2.05) is 49.1 Å². The Bertz CT molecular complexity index is 715. The molecule has 6 heteroatoms. The normalized spacial score (nSPS) is 11.4. The summed E-state index contributed by atoms with van der Waals surface area (Å²) in [5.41, 5.74) is 0.294. The molecule has 2 aromatic rings. The summed E-state index contributed by atoms with van der Waals surface area (Å²) >= 11 is 0. The van der Waals surface area contributed by atoms with Crippen molar-refractivity contribution in [2.45, 2.75) is 40.7 Å². The van der Waals surface area contributed by atoms with Gasteiger partial charge in [-0.2, -0.15) is 0 Å². The minimum atomic E-state index is -0.670. The van der Waals surface area contributed by atoms with Crippen LogP contribution in [0.2, 0.25) is 0 Å². The van der Waals surface area contributed by atoms with Crippen LogP contribution in [0, 0.1) is 5.41 Å². The quantitative estimate of drug-likeness (QED) is 0.929. The SMILES string of the molecule is CC(C)N(c1ccccc1)c1ocnc1C(=O)NC(=O)C(C)(C)C. The van der Waals surface area contributed by atoms with Crippen molar-refractivity contribution in [2.24, 2.45) is 5.41 Å². The molecule has 128 valence electrons. The summed E-state index contributed by atoms with van der Waals surface area (Å²) < 4.78 is 5.47. The van der Waals surface area contributed by atoms with Gasteiger partial charge in [0.25, 0.3) is 5.91 Å². The smallest absolute Gasteiger partial charge is 0.282 e. The van der Waals surface area contributed by atoms with E-state index in [4.69, 9.17) is 4.42 Å². The van der Waals surface area contributed by atoms with Gasteiger partial charge in [-0.25, -0.2) is 4.98 Å². The lowest BCUT2D eigenvalue weighted by molar-refractivity contribution is -0.127. The van der Waals surface area contributed by atoms with E-state index in [0.29, 0.717) is 5.88 Å². The first-order chi connectivity index (χ1) is 11.2. The Labute approximate surface area is 141 Å². The van der Waals surface area contributed by atoms with E-state index in [-0.39, 0.29) is 17.6 Å². The van der Waals surface area contributed by atoms with Gasteiger partial charge in [0.2, 0.25) is 11.8 Å². The second kappa shape index (κ2) is 6.86. The Morgan fingerprint density at radius 3 is 2.33 bits per heavy atom. The van der Waals surface area contributed by atoms with Crippen LogP contribution >= 0.6 is 0 Å². The first kappa shape index (κ1) is 17.7. The predicted octanol–water partition coefficient (Wildman–Crippen LogP) is 3.52. The minimum absolute atomic E-state index is 0.0326. The highest BCUT2D eigenvalue weighted by Gasteiger charge is 2.29. The molecule has 0 aliphatic heterocycles. The first-order valence-electron chi connectivity index (χ1n) is 7.85. The molecule has 0 atom stereocenters. The maximum atomic E-state index is 12.5. The largest absolute Gasteiger partial charge is 0.427 e. The number of para-hydroxylation sites is 1. The van der Waals surface area contributed by atoms with Crippen LogP contribution in [0.4, 0.5) is 11.6 Å². The van der Waals surface area contributed by atoms with Gasteiger partial charge in [0.05, 0.1) is 0 Å². The van der Waals surface area contributed by atoms with Crippen molar-refractivity contribution in [2.75, 3.05) is 4.90 Å². The fourth-order valence-electron chi connectivity index (χ4n) is 2.15. The molecule has 1 N–H and O–H groups in total. The maximum Gasteiger partial charge on any atom is 0.282 e. The van der Waals surface area contributed by atoms with Crippen LogP contribution in [0.1, 0.15) is 45.1 Å². The maximum absolute atomic E-state index is 12.5. The standard InChI is InChI=1S/C18H23N3O3/c1-12(2)21(13-9-7-6-8-10-13)16-14(19-11-24-16)15(22)20-17(23)18(3,4)5/h6-12H,1-5H3,(H,20,22,23). The summed E-state index contributed by atoms with van der Waals surface area (Å²) in [4.78, 5) is 30.4. The Morgan fingerprint density at radius 2 is 1.79 bits per heavy atom. The van der Waals surface area contributed by atoms with Crippen LogP contribution in [0.3, 0.4) is 0 Å². The molecule has 1 heterocycles. The molecule has 2 amide bonds. The highest BCUT2D eigenvalue weighted by Crippen LogP contribution is 2.30. The lowest BCUT2D eigenvalue weighted by Gasteiger charge is -2.26. The topological polar surface area (TPSA) is 75.4 Å². The summed E-state index contributed by atoms with van der Waals surface area (Å²) in [7, 11) is 0. The minimum Gasteiger partial charge on any atom is -0.427 e. The van der Waals surface area contributed by atoms with Crippen molar-refractivity contribution in [1.82, 2.24) is 10.3 Å². The molecule has 2 rings (SSSR count). The third-order valence-electron chi connectivity index (χ3n) is 3.44. The third-order valence-corrected chi connectivity index (χ3v) is 3.44. The lowest BCUT2D eigenvalue weighted by atomic mass is 9.96. The molecule has 0 aliphatic carbocycles. The molecule has 0 fully saturated rings. The number of anilines is 2. The Kier molecular flexibility index (Phi) is 5.07. The monoisotopic (exact) mass is 329 g/mol. The fraction of sp³-hybridized carbons (Fsp3) is 0.389. The fourth-order valence-corrected chi connectivity index (χ4v) is 2.15. The van der Waals surface area contributed by atoms with Gasteiger partial charge in [-0.15, -0.1) is 0 Å². The second-order valence-corrected chi connectivity index (χ2v) is 6.84. The van der Waals surface area contributed by atoms with E-state index in [1.165, 1.54) is 6.39 Å². The van der Waals surface area contributed by atoms with Gasteiger partial charge in [-0.3, -0.25) is 14.9 Å². The van der Waals surface area contributed by atoms with E-state index in [2.05, 4.69) is 10.3 Å². The van der Waals surface area contributed by atoms with Gasteiger partial charge in [0.15, 0.2) is 12.1 Å². The summed E-state index contributed by atoms with van der Waals surface area (Å²) in [6.45, 7) is 9.19. The number of carbonyl (C=O) groups excluding carboxylic acids is 2. The molecular weight excluding hydrogens is 306 g/mol. The number of hydrogen-bond acceptors (Lipinski definition) is 5. The molecule has 1 aromatic carbocycles. The Morgan fingerprint density at radius 1 is 1.17 bits per heavy atom. The highest BCUT2D eigenvalue weighted by atomic mass is 16.4. The first-order valence-corrected chi connectivity index (χ1v) is 7.85. The number of aromatic nitrogens is 1. The molecule has 0 unspecified atom stereocenters. The number of hydrogen-bond donors (Lipinski definition) is 1. The molecular formula is C18H23N3O3. The summed E-state index contributed by atoms with van der Waals surface area (Å²) in [6.07, 6.45) is 1.21. The van der Waals surface area contributed by atoms with Crippen LogP contribution in [0.5, 0.6) is 0 Å². The third kappa shape index (κ3) is 3.82. The number of imide groups is 1. The number of rotatable bonds is 4. The van der Waals surface area contributed by atoms with E-state index < -0.39 is 11.3 Å². The van der Waals surface area contributed by atoms with Crippen molar-refractivity contribution in [1.29, 1.82) is 0 Å². The summed E-state index contributed by atoms with van der Waals surface area (Å²) in [5, 5.41) is 2.38. The van der Waals surface area contributed by atoms with Crippen molar-refractivity contribution < 1.29 is 14.0 Å². The molecule has 0 bridgehead atoms. The van der Waals surface area contributed by atoms with Crippen LogP contribution in [0.25, 0.3) is 0 Å². The molecule has 0 saturated heterocycles. The van der Waals surface area contributed by atoms with Crippen LogP contribution < -0.4 is 10.2 Å². The van der Waals surface area contributed by atoms with E-state index >= 15 is 0 Å². The van der Waals surface area contributed by atoms with Gasteiger partial charge >= 0.3 is 0 Å². The Hall–Kier alpha value is -2.63. The van der Waals surface area contributed by atoms with Gasteiger partial charge in [0, 0.05) is 17.1 Å². The number of oxazole rings is 1. The van der Waals surface area contributed by atoms with Crippen LogP contribution in [-0.4, -0.2) is 22.8 Å². The number of benzene rings is 1. The lowest BCUT2D eigenvalue weighted by Crippen LogP contribution is -2.39. The molecule has 0 aliphatic rings. The van der Waals surface area contributed by atoms with Crippen molar-refractivity contribution in [3.05, 3.63) is 42.4 Å². The average molecular weight is 329 g/mol. The molecule has 1 aromatic heterocycles. The van der Waals surface area contributed by atoms with Gasteiger partial charge in [-0.05, 0) is 26.0 Å². The zero-order valence-electron chi connectivity index (χ0n) is 14.7. The van der Waals surface area contributed by atoms with Crippen molar-refractivity contribution in [3.8, 4) is 0 Å². The van der Waals surface area contributed by atoms with Gasteiger partial charge < -0.3 is 9.32 Å². The van der Waals surface area contributed by atoms with Crippen molar-refractivity contribution in [3.63, 3.8) is 0 Å². The summed E-state index contributed by atoms with van der Waals surface area (Å²) in [5.74, 6) is -0.618. The zero-order valence-corrected chi connectivity index (χ0v) is 14.7. The van der Waals surface area contributed by atoms with Gasteiger partial charge in [0.1, 0.15) is 0 Å². The van der Waals surface area contributed by atoms with E-state index in [0.717, 1.165) is 5.69 Å². The number of carbonyl (C=O) groups is 2. The molecule has 0 radical (unpaired) electrons. The summed E-state index contributed by atoms with van der Waals surface area (Å²) in [6, 6.07) is 9.60. The molecule has 0 spiro atoms.